The van der Waals surface area contributed by atoms with Crippen LogP contribution in [0.5, 0.6) is 0 Å². The first-order valence-corrected chi connectivity index (χ1v) is 27.4. The van der Waals surface area contributed by atoms with Crippen LogP contribution in [-0.2, 0) is 17.3 Å². The molecular weight excluding hydrogens is 941 g/mol. The van der Waals surface area contributed by atoms with Crippen molar-refractivity contribution in [3.63, 3.8) is 0 Å². The number of nitrogens with zero attached hydrogens (tertiary/aromatic N) is 2. The zero-order chi connectivity index (χ0) is 52.1. The van der Waals surface area contributed by atoms with E-state index in [-0.39, 0.29) is 5.41 Å². The maximum Gasteiger partial charge on any atom is 0.160 e. The van der Waals surface area contributed by atoms with Gasteiger partial charge >= 0.3 is 0 Å². The van der Waals surface area contributed by atoms with Crippen LogP contribution in [0.1, 0.15) is 63.9 Å². The Kier molecular flexibility index (Phi) is 10.5. The molecular formula is C76H54N2. The third-order valence-corrected chi connectivity index (χ3v) is 17.4. The first kappa shape index (κ1) is 45.9. The molecule has 0 amide bonds. The standard InChI is InChI=1S/C76H54N2/c1-48-39-42-53(50-21-6-4-7-22-50)46-62(48)71-54(25-18-30-55(71)51-23-8-5-9-24-51)45-49-40-43-52(44-41-49)74-77-69(60-31-19-37-67-72(60)58-28-12-14-33-63(58)75(67,2)3)47-70(78-74)61-32-20-38-68-73(61)59-29-13-17-36-66(59)76(68)64-34-15-10-26-56(64)57-27-11-16-35-65(57)76/h4-44,46-47H,45H2,1-3H3. The number of hydrogen-bond donors (Lipinski definition) is 0. The second-order valence-corrected chi connectivity index (χ2v) is 22.0. The Morgan fingerprint density at radius 2 is 0.769 bits per heavy atom. The summed E-state index contributed by atoms with van der Waals surface area (Å²) in [6.07, 6.45) is 0.756. The molecule has 0 radical (unpaired) electrons. The second-order valence-electron chi connectivity index (χ2n) is 22.0. The Bertz CT molecular complexity index is 4330. The van der Waals surface area contributed by atoms with Crippen LogP contribution >= 0.6 is 0 Å². The molecule has 0 bridgehead atoms. The summed E-state index contributed by atoms with van der Waals surface area (Å²) in [7, 11) is 0. The van der Waals surface area contributed by atoms with Gasteiger partial charge in [0.05, 0.1) is 16.8 Å². The predicted octanol–water partition coefficient (Wildman–Crippen LogP) is 19.0. The van der Waals surface area contributed by atoms with Crippen LogP contribution in [-0.4, -0.2) is 9.97 Å². The van der Waals surface area contributed by atoms with Crippen LogP contribution in [0.4, 0.5) is 0 Å². The highest BCUT2D eigenvalue weighted by Crippen LogP contribution is 2.64. The molecule has 15 rings (SSSR count). The average molecular weight is 995 g/mol. The summed E-state index contributed by atoms with van der Waals surface area (Å²) >= 11 is 0. The maximum absolute atomic E-state index is 5.66. The van der Waals surface area contributed by atoms with E-state index in [1.165, 1.54) is 117 Å². The molecule has 78 heavy (non-hydrogen) atoms. The predicted molar refractivity (Wildman–Crippen MR) is 322 cm³/mol. The van der Waals surface area contributed by atoms with Gasteiger partial charge in [0.25, 0.3) is 0 Å². The van der Waals surface area contributed by atoms with Gasteiger partial charge in [-0.3, -0.25) is 0 Å². The van der Waals surface area contributed by atoms with E-state index in [1.807, 2.05) is 0 Å². The lowest BCUT2D eigenvalue weighted by atomic mass is 9.70. The fraction of sp³-hybridized carbons (Fsp3) is 0.0789. The first-order valence-electron chi connectivity index (χ1n) is 27.4. The molecule has 0 atom stereocenters. The summed E-state index contributed by atoms with van der Waals surface area (Å²) in [5.41, 5.74) is 31.0. The molecule has 2 nitrogen and oxygen atoms in total. The molecule has 0 unspecified atom stereocenters. The molecule has 1 heterocycles. The normalized spacial score (nSPS) is 13.6. The highest BCUT2D eigenvalue weighted by Gasteiger charge is 2.52. The van der Waals surface area contributed by atoms with Gasteiger partial charge in [-0.1, -0.05) is 263 Å². The Hall–Kier alpha value is -9.50. The van der Waals surface area contributed by atoms with Crippen molar-refractivity contribution in [2.75, 3.05) is 0 Å². The van der Waals surface area contributed by atoms with E-state index in [2.05, 4.69) is 282 Å². The van der Waals surface area contributed by atoms with Crippen molar-refractivity contribution < 1.29 is 0 Å². The van der Waals surface area contributed by atoms with Gasteiger partial charge in [-0.2, -0.15) is 0 Å². The largest absolute Gasteiger partial charge is 0.228 e. The molecule has 368 valence electrons. The van der Waals surface area contributed by atoms with Gasteiger partial charge in [0.1, 0.15) is 0 Å². The molecule has 0 saturated carbocycles. The highest BCUT2D eigenvalue weighted by molar-refractivity contribution is 6.01. The highest BCUT2D eigenvalue weighted by atomic mass is 14.9. The molecule has 1 aromatic heterocycles. The molecule has 0 N–H and O–H groups in total. The van der Waals surface area contributed by atoms with E-state index in [1.54, 1.807) is 0 Å². The van der Waals surface area contributed by atoms with Gasteiger partial charge in [-0.15, -0.1) is 0 Å². The van der Waals surface area contributed by atoms with E-state index in [9.17, 15) is 0 Å². The monoisotopic (exact) mass is 994 g/mol. The van der Waals surface area contributed by atoms with Crippen molar-refractivity contribution >= 4 is 0 Å². The number of aromatic nitrogens is 2. The summed E-state index contributed by atoms with van der Waals surface area (Å²) in [6.45, 7) is 6.94. The molecule has 12 aromatic rings. The summed E-state index contributed by atoms with van der Waals surface area (Å²) in [5, 5.41) is 0. The van der Waals surface area contributed by atoms with Crippen molar-refractivity contribution in [1.82, 2.24) is 9.97 Å². The first-order chi connectivity index (χ1) is 38.4. The molecule has 11 aromatic carbocycles. The molecule has 0 fully saturated rings. The third-order valence-electron chi connectivity index (χ3n) is 17.4. The van der Waals surface area contributed by atoms with Crippen molar-refractivity contribution in [2.24, 2.45) is 0 Å². The van der Waals surface area contributed by atoms with Gasteiger partial charge in [0, 0.05) is 22.1 Å². The Morgan fingerprint density at radius 3 is 1.41 bits per heavy atom. The summed E-state index contributed by atoms with van der Waals surface area (Å²) in [4.78, 5) is 11.3. The Labute approximate surface area is 457 Å². The smallest absolute Gasteiger partial charge is 0.160 e. The topological polar surface area (TPSA) is 25.8 Å². The number of rotatable bonds is 8. The summed E-state index contributed by atoms with van der Waals surface area (Å²) < 4.78 is 0. The second kappa shape index (κ2) is 17.8. The van der Waals surface area contributed by atoms with E-state index in [0.29, 0.717) is 5.82 Å². The van der Waals surface area contributed by atoms with E-state index in [0.717, 1.165) is 34.5 Å². The van der Waals surface area contributed by atoms with E-state index >= 15 is 0 Å². The summed E-state index contributed by atoms with van der Waals surface area (Å²) in [5.74, 6) is 0.701. The van der Waals surface area contributed by atoms with Crippen LogP contribution in [0.15, 0.2) is 261 Å². The summed E-state index contributed by atoms with van der Waals surface area (Å²) in [6, 6.07) is 96.3. The minimum Gasteiger partial charge on any atom is -0.228 e. The number of hydrogen-bond acceptors (Lipinski definition) is 2. The quantitative estimate of drug-likeness (QED) is 0.152. The Balaban J connectivity index is 0.898. The van der Waals surface area contributed by atoms with Crippen molar-refractivity contribution in [1.29, 1.82) is 0 Å². The fourth-order valence-electron chi connectivity index (χ4n) is 13.8. The zero-order valence-electron chi connectivity index (χ0n) is 43.9. The number of fused-ring (bicyclic) bond motifs is 13. The number of benzene rings is 11. The number of aryl methyl sites for hydroxylation is 1. The lowest BCUT2D eigenvalue weighted by molar-refractivity contribution is 0.660. The zero-order valence-corrected chi connectivity index (χ0v) is 43.9. The molecule has 0 saturated heterocycles. The van der Waals surface area contributed by atoms with Gasteiger partial charge < -0.3 is 0 Å². The maximum atomic E-state index is 5.66. The molecule has 3 aliphatic carbocycles. The minimum atomic E-state index is -0.469. The average Bonchev–Trinajstić information content (AvgIpc) is 3.15. The van der Waals surface area contributed by atoms with Crippen molar-refractivity contribution in [3.05, 3.63) is 311 Å². The van der Waals surface area contributed by atoms with Crippen LogP contribution in [0.2, 0.25) is 0 Å². The third kappa shape index (κ3) is 6.89. The fourth-order valence-corrected chi connectivity index (χ4v) is 13.8. The van der Waals surface area contributed by atoms with Gasteiger partial charge in [-0.05, 0) is 142 Å². The van der Waals surface area contributed by atoms with E-state index < -0.39 is 5.41 Å². The van der Waals surface area contributed by atoms with Crippen LogP contribution in [0, 0.1) is 6.92 Å². The van der Waals surface area contributed by atoms with Gasteiger partial charge in [-0.25, -0.2) is 9.97 Å². The van der Waals surface area contributed by atoms with Gasteiger partial charge in [0.2, 0.25) is 0 Å². The lowest BCUT2D eigenvalue weighted by Crippen LogP contribution is -2.25. The van der Waals surface area contributed by atoms with Gasteiger partial charge in [0.15, 0.2) is 5.82 Å². The van der Waals surface area contributed by atoms with Crippen LogP contribution in [0.3, 0.4) is 0 Å². The van der Waals surface area contributed by atoms with Crippen LogP contribution < -0.4 is 0 Å². The minimum absolute atomic E-state index is 0.160. The molecule has 3 aliphatic rings. The lowest BCUT2D eigenvalue weighted by Gasteiger charge is -2.30. The molecule has 0 aliphatic heterocycles. The molecule has 1 spiro atoms. The SMILES string of the molecule is Cc1ccc(-c2ccccc2)cc1-c1c(Cc2ccc(-c3nc(-c4cccc5c4-c4ccccc4C5(C)C)cc(-c4cccc5c4-c4ccccc4C54c5ccccc5-c5ccccc54)n3)cc2)cccc1-c1ccccc1. The Morgan fingerprint density at radius 1 is 0.308 bits per heavy atom. The van der Waals surface area contributed by atoms with Crippen molar-refractivity contribution in [2.45, 2.75) is 38.0 Å². The molecule has 2 heteroatoms. The van der Waals surface area contributed by atoms with E-state index in [4.69, 9.17) is 9.97 Å². The van der Waals surface area contributed by atoms with Crippen LogP contribution in [0.25, 0.3) is 101 Å². The van der Waals surface area contributed by atoms with Crippen molar-refractivity contribution in [3.8, 4) is 101 Å².